The van der Waals surface area contributed by atoms with Crippen molar-refractivity contribution in [3.05, 3.63) is 46.8 Å². The Labute approximate surface area is 227 Å². The zero-order valence-corrected chi connectivity index (χ0v) is 22.2. The molecule has 5 aliphatic rings. The molecular weight excluding hydrogens is 494 g/mol. The van der Waals surface area contributed by atoms with E-state index >= 15 is 0 Å². The van der Waals surface area contributed by atoms with Crippen molar-refractivity contribution in [3.8, 4) is 0 Å². The monoisotopic (exact) mass is 529 g/mol. The smallest absolute Gasteiger partial charge is 0.262 e. The predicted octanol–water partition coefficient (Wildman–Crippen LogP) is 4.27. The van der Waals surface area contributed by atoms with E-state index in [0.29, 0.717) is 34.9 Å². The van der Waals surface area contributed by atoms with E-state index in [0.717, 1.165) is 30.0 Å². The molecule has 3 aliphatic carbocycles. The van der Waals surface area contributed by atoms with Gasteiger partial charge in [0.1, 0.15) is 6.04 Å². The minimum atomic E-state index is -0.945. The lowest BCUT2D eigenvalue weighted by atomic mass is 9.80. The molecule has 4 amide bonds. The fourth-order valence-electron chi connectivity index (χ4n) is 6.94. The van der Waals surface area contributed by atoms with Gasteiger partial charge in [-0.2, -0.15) is 5.10 Å². The highest BCUT2D eigenvalue weighted by atomic mass is 16.2. The van der Waals surface area contributed by atoms with Crippen molar-refractivity contribution in [2.45, 2.75) is 94.5 Å². The second kappa shape index (κ2) is 9.61. The van der Waals surface area contributed by atoms with E-state index in [2.05, 4.69) is 21.5 Å². The number of hydrogen-bond acceptors (Lipinski definition) is 6. The van der Waals surface area contributed by atoms with Crippen LogP contribution in [0.2, 0.25) is 0 Å². The Morgan fingerprint density at radius 3 is 2.41 bits per heavy atom. The minimum Gasteiger partial charge on any atom is -0.385 e. The Kier molecular flexibility index (Phi) is 6.05. The standard InChI is InChI=1S/C30H35N5O4/c36-26-11-10-25(28(37)32-26)35-29(38)22-9-8-20(14-23(22)30(35)39)31-15-17-12-21(13-17)34-16-24(18-4-2-1-3-5-18)27(33-34)19-6-7-19/h8-9,14,16-19,21,25,31H,1-7,10-13,15H2,(H,32,36,37). The third kappa shape index (κ3) is 4.45. The number of imide groups is 2. The Bertz CT molecular complexity index is 1350. The largest absolute Gasteiger partial charge is 0.385 e. The van der Waals surface area contributed by atoms with Gasteiger partial charge in [-0.3, -0.25) is 34.1 Å². The summed E-state index contributed by atoms with van der Waals surface area (Å²) in [6.07, 6.45) is 14.0. The Morgan fingerprint density at radius 2 is 1.67 bits per heavy atom. The number of hydrogen-bond donors (Lipinski definition) is 2. The maximum Gasteiger partial charge on any atom is 0.262 e. The average Bonchev–Trinajstić information content (AvgIpc) is 3.62. The van der Waals surface area contributed by atoms with E-state index in [1.165, 1.54) is 56.2 Å². The van der Waals surface area contributed by atoms with Crippen LogP contribution >= 0.6 is 0 Å². The van der Waals surface area contributed by atoms with Crippen LogP contribution in [0.3, 0.4) is 0 Å². The van der Waals surface area contributed by atoms with Crippen LogP contribution < -0.4 is 10.6 Å². The van der Waals surface area contributed by atoms with E-state index in [-0.39, 0.29) is 18.7 Å². The van der Waals surface area contributed by atoms with Gasteiger partial charge in [0, 0.05) is 30.8 Å². The summed E-state index contributed by atoms with van der Waals surface area (Å²) in [6, 6.07) is 4.69. The molecule has 204 valence electrons. The summed E-state index contributed by atoms with van der Waals surface area (Å²) in [5, 5.41) is 10.8. The van der Waals surface area contributed by atoms with Crippen molar-refractivity contribution in [2.24, 2.45) is 5.92 Å². The Balaban J connectivity index is 0.970. The highest BCUT2D eigenvalue weighted by Crippen LogP contribution is 2.47. The summed E-state index contributed by atoms with van der Waals surface area (Å²) >= 11 is 0. The summed E-state index contributed by atoms with van der Waals surface area (Å²) in [4.78, 5) is 50.8. The fourth-order valence-corrected chi connectivity index (χ4v) is 6.94. The SMILES string of the molecule is O=C1CCC(N2C(=O)c3ccc(NCC4CC(n5cc(C6CCCCC6)c(C6CC6)n5)C4)cc3C2=O)C(=O)N1. The molecule has 1 aromatic heterocycles. The van der Waals surface area contributed by atoms with Crippen LogP contribution in [0, 0.1) is 5.92 Å². The van der Waals surface area contributed by atoms with Crippen LogP contribution in [0.5, 0.6) is 0 Å². The molecule has 0 spiro atoms. The zero-order chi connectivity index (χ0) is 26.7. The second-order valence-electron chi connectivity index (χ2n) is 12.1. The van der Waals surface area contributed by atoms with E-state index in [1.807, 2.05) is 6.07 Å². The van der Waals surface area contributed by atoms with Crippen LogP contribution in [-0.4, -0.2) is 50.9 Å². The van der Waals surface area contributed by atoms with Gasteiger partial charge in [0.2, 0.25) is 11.8 Å². The summed E-state index contributed by atoms with van der Waals surface area (Å²) in [5.41, 5.74) is 4.31. The molecule has 7 rings (SSSR count). The third-order valence-electron chi connectivity index (χ3n) is 9.42. The fraction of sp³-hybridized carbons (Fsp3) is 0.567. The van der Waals surface area contributed by atoms with Gasteiger partial charge in [0.25, 0.3) is 11.8 Å². The van der Waals surface area contributed by atoms with Crippen molar-refractivity contribution >= 4 is 29.3 Å². The maximum atomic E-state index is 13.1. The van der Waals surface area contributed by atoms with Crippen LogP contribution in [0.4, 0.5) is 5.69 Å². The molecule has 9 heteroatoms. The second-order valence-corrected chi connectivity index (χ2v) is 12.1. The lowest BCUT2D eigenvalue weighted by Crippen LogP contribution is -2.54. The first kappa shape index (κ1) is 24.5. The topological polar surface area (TPSA) is 113 Å². The lowest BCUT2D eigenvalue weighted by Gasteiger charge is -2.35. The average molecular weight is 530 g/mol. The summed E-state index contributed by atoms with van der Waals surface area (Å²) < 4.78 is 2.26. The van der Waals surface area contributed by atoms with Crippen molar-refractivity contribution in [3.63, 3.8) is 0 Å². The van der Waals surface area contributed by atoms with Gasteiger partial charge in [-0.25, -0.2) is 0 Å². The third-order valence-corrected chi connectivity index (χ3v) is 9.42. The van der Waals surface area contributed by atoms with Crippen molar-refractivity contribution < 1.29 is 19.2 Å². The first-order chi connectivity index (χ1) is 19.0. The number of piperidine rings is 1. The number of carbonyl (C=O) groups excluding carboxylic acids is 4. The molecule has 2 N–H and O–H groups in total. The number of carbonyl (C=O) groups is 4. The Hall–Kier alpha value is -3.49. The molecule has 0 radical (unpaired) electrons. The number of fused-ring (bicyclic) bond motifs is 1. The molecule has 9 nitrogen and oxygen atoms in total. The maximum absolute atomic E-state index is 13.1. The van der Waals surface area contributed by atoms with E-state index < -0.39 is 23.8 Å². The van der Waals surface area contributed by atoms with Crippen LogP contribution in [0.25, 0.3) is 0 Å². The summed E-state index contributed by atoms with van der Waals surface area (Å²) in [7, 11) is 0. The molecule has 3 heterocycles. The number of rotatable bonds is 7. The van der Waals surface area contributed by atoms with Crippen LogP contribution in [0.15, 0.2) is 24.4 Å². The quantitative estimate of drug-likeness (QED) is 0.518. The van der Waals surface area contributed by atoms with E-state index in [4.69, 9.17) is 5.10 Å². The molecule has 2 aliphatic heterocycles. The molecule has 39 heavy (non-hydrogen) atoms. The molecule has 1 aromatic carbocycles. The first-order valence-corrected chi connectivity index (χ1v) is 14.6. The van der Waals surface area contributed by atoms with Gasteiger partial charge in [-0.15, -0.1) is 0 Å². The molecule has 2 aromatic rings. The van der Waals surface area contributed by atoms with E-state index in [1.54, 1.807) is 12.1 Å². The summed E-state index contributed by atoms with van der Waals surface area (Å²) in [6.45, 7) is 0.792. The van der Waals surface area contributed by atoms with Gasteiger partial charge in [0.05, 0.1) is 22.9 Å². The highest BCUT2D eigenvalue weighted by molar-refractivity contribution is 6.23. The molecular formula is C30H35N5O4. The number of nitrogens with zero attached hydrogens (tertiary/aromatic N) is 3. The predicted molar refractivity (Wildman–Crippen MR) is 143 cm³/mol. The number of anilines is 1. The van der Waals surface area contributed by atoms with Crippen LogP contribution in [-0.2, 0) is 9.59 Å². The van der Waals surface area contributed by atoms with Crippen molar-refractivity contribution in [1.29, 1.82) is 0 Å². The van der Waals surface area contributed by atoms with Gasteiger partial charge >= 0.3 is 0 Å². The molecule has 1 atom stereocenters. The number of benzene rings is 1. The first-order valence-electron chi connectivity index (χ1n) is 14.6. The number of nitrogens with one attached hydrogen (secondary N) is 2. The lowest BCUT2D eigenvalue weighted by molar-refractivity contribution is -0.136. The molecule has 1 unspecified atom stereocenters. The van der Waals surface area contributed by atoms with Crippen LogP contribution in [0.1, 0.15) is 120 Å². The van der Waals surface area contributed by atoms with Gasteiger partial charge < -0.3 is 5.32 Å². The van der Waals surface area contributed by atoms with Gasteiger partial charge in [-0.05, 0) is 80.5 Å². The zero-order valence-electron chi connectivity index (χ0n) is 22.2. The molecule has 1 saturated heterocycles. The van der Waals surface area contributed by atoms with Crippen molar-refractivity contribution in [2.75, 3.05) is 11.9 Å². The van der Waals surface area contributed by atoms with Gasteiger partial charge in [0.15, 0.2) is 0 Å². The summed E-state index contributed by atoms with van der Waals surface area (Å²) in [5.74, 6) is -0.0237. The molecule has 3 saturated carbocycles. The minimum absolute atomic E-state index is 0.112. The highest BCUT2D eigenvalue weighted by Gasteiger charge is 2.44. The van der Waals surface area contributed by atoms with Crippen molar-refractivity contribution in [1.82, 2.24) is 20.0 Å². The number of amides is 4. The molecule has 4 fully saturated rings. The van der Waals surface area contributed by atoms with E-state index in [9.17, 15) is 19.2 Å². The normalized spacial score (nSPS) is 27.4. The van der Waals surface area contributed by atoms with Gasteiger partial charge in [-0.1, -0.05) is 19.3 Å². The Morgan fingerprint density at radius 1 is 0.897 bits per heavy atom. The number of aromatic nitrogens is 2. The molecule has 0 bridgehead atoms.